The Balaban J connectivity index is 2.64. The maximum atomic E-state index is 10.7. The van der Waals surface area contributed by atoms with Gasteiger partial charge in [0.25, 0.3) is 0 Å². The van der Waals surface area contributed by atoms with E-state index in [4.69, 9.17) is 4.74 Å². The summed E-state index contributed by atoms with van der Waals surface area (Å²) in [6.45, 7) is 1.67. The molecule has 1 atom stereocenters. The number of rotatable bonds is 2. The number of ether oxygens (including phenoxy) is 2. The number of hydrogen-bond donors (Lipinski definition) is 0. The molecule has 1 heterocycles. The van der Waals surface area contributed by atoms with E-state index in [1.165, 1.54) is 25.3 Å². The van der Waals surface area contributed by atoms with Crippen molar-refractivity contribution in [3.05, 3.63) is 24.3 Å². The molecule has 0 fully saturated rings. The van der Waals surface area contributed by atoms with Crippen LogP contribution in [0, 0.1) is 0 Å². The van der Waals surface area contributed by atoms with E-state index in [2.05, 4.69) is 4.74 Å². The molecule has 0 saturated carbocycles. The second kappa shape index (κ2) is 3.43. The highest BCUT2D eigenvalue weighted by atomic mass is 16.6. The molecule has 0 aromatic heterocycles. The van der Waals surface area contributed by atoms with Crippen LogP contribution in [0.1, 0.15) is 6.92 Å². The first kappa shape index (κ1) is 9.51. The van der Waals surface area contributed by atoms with Crippen LogP contribution in [0.4, 0.5) is 0 Å². The average molecular weight is 182 g/mol. The zero-order valence-corrected chi connectivity index (χ0v) is 7.44. The predicted octanol–water partition coefficient (Wildman–Crippen LogP) is 0.587. The third kappa shape index (κ3) is 2.43. The summed E-state index contributed by atoms with van der Waals surface area (Å²) in [5, 5.41) is 0. The lowest BCUT2D eigenvalue weighted by molar-refractivity contribution is -0.142. The molecular formula is C9H10O4. The van der Waals surface area contributed by atoms with Gasteiger partial charge in [-0.15, -0.1) is 0 Å². The fourth-order valence-electron chi connectivity index (χ4n) is 0.909. The molecule has 70 valence electrons. The van der Waals surface area contributed by atoms with E-state index in [9.17, 15) is 9.59 Å². The highest BCUT2D eigenvalue weighted by Crippen LogP contribution is 2.20. The normalized spacial score (nSPS) is 26.5. The molecule has 0 N–H and O–H groups in total. The van der Waals surface area contributed by atoms with Crippen LogP contribution in [0.2, 0.25) is 0 Å². The van der Waals surface area contributed by atoms with Crippen molar-refractivity contribution in [2.75, 3.05) is 7.11 Å². The van der Waals surface area contributed by atoms with Crippen LogP contribution in [0.3, 0.4) is 0 Å². The molecule has 0 bridgehead atoms. The molecule has 1 rings (SSSR count). The lowest BCUT2D eigenvalue weighted by atomic mass is 10.1. The van der Waals surface area contributed by atoms with Gasteiger partial charge in [-0.1, -0.05) is 0 Å². The molecule has 0 aromatic carbocycles. The predicted molar refractivity (Wildman–Crippen MR) is 44.8 cm³/mol. The molecule has 4 heteroatoms. The van der Waals surface area contributed by atoms with Gasteiger partial charge in [-0.05, 0) is 19.1 Å². The van der Waals surface area contributed by atoms with Crippen LogP contribution in [-0.2, 0) is 19.1 Å². The van der Waals surface area contributed by atoms with Crippen molar-refractivity contribution >= 4 is 11.9 Å². The van der Waals surface area contributed by atoms with E-state index in [-0.39, 0.29) is 0 Å². The molecule has 0 amide bonds. The summed E-state index contributed by atoms with van der Waals surface area (Å²) >= 11 is 0. The Morgan fingerprint density at radius 3 is 2.85 bits per heavy atom. The minimum absolute atomic E-state index is 0.406. The van der Waals surface area contributed by atoms with Crippen molar-refractivity contribution in [3.63, 3.8) is 0 Å². The molecule has 0 saturated heterocycles. The van der Waals surface area contributed by atoms with Gasteiger partial charge in [-0.25, -0.2) is 9.59 Å². The van der Waals surface area contributed by atoms with Gasteiger partial charge in [0.1, 0.15) is 5.60 Å². The number of carbonyl (C=O) groups excluding carboxylic acids is 2. The monoisotopic (exact) mass is 182 g/mol. The smallest absolute Gasteiger partial charge is 0.331 e. The van der Waals surface area contributed by atoms with Crippen LogP contribution in [0.15, 0.2) is 24.3 Å². The Labute approximate surface area is 75.8 Å². The maximum Gasteiger partial charge on any atom is 0.331 e. The summed E-state index contributed by atoms with van der Waals surface area (Å²) in [6, 6.07) is 0. The quantitative estimate of drug-likeness (QED) is 0.463. The van der Waals surface area contributed by atoms with Crippen LogP contribution in [0.5, 0.6) is 0 Å². The topological polar surface area (TPSA) is 52.6 Å². The largest absolute Gasteiger partial charge is 0.466 e. The molecule has 0 spiro atoms. The molecule has 0 aliphatic carbocycles. The maximum absolute atomic E-state index is 10.7. The Hall–Kier alpha value is -1.58. The van der Waals surface area contributed by atoms with Crippen LogP contribution in [-0.4, -0.2) is 24.6 Å². The third-order valence-corrected chi connectivity index (χ3v) is 1.62. The van der Waals surface area contributed by atoms with Gasteiger partial charge in [0.2, 0.25) is 0 Å². The number of cyclic esters (lactones) is 1. The van der Waals surface area contributed by atoms with Gasteiger partial charge < -0.3 is 9.47 Å². The summed E-state index contributed by atoms with van der Waals surface area (Å²) in [4.78, 5) is 21.4. The minimum atomic E-state index is -0.814. The summed E-state index contributed by atoms with van der Waals surface area (Å²) in [7, 11) is 1.28. The van der Waals surface area contributed by atoms with Crippen LogP contribution >= 0.6 is 0 Å². The van der Waals surface area contributed by atoms with Crippen LogP contribution in [0.25, 0.3) is 0 Å². The van der Waals surface area contributed by atoms with Gasteiger partial charge in [0.15, 0.2) is 0 Å². The fraction of sp³-hybridized carbons (Fsp3) is 0.333. The van der Waals surface area contributed by atoms with Crippen molar-refractivity contribution in [1.82, 2.24) is 0 Å². The van der Waals surface area contributed by atoms with E-state index in [1.54, 1.807) is 13.0 Å². The minimum Gasteiger partial charge on any atom is -0.466 e. The molecule has 4 nitrogen and oxygen atoms in total. The highest BCUT2D eigenvalue weighted by Gasteiger charge is 2.27. The summed E-state index contributed by atoms with van der Waals surface area (Å²) in [6.07, 6.45) is 5.60. The number of esters is 2. The molecule has 13 heavy (non-hydrogen) atoms. The zero-order valence-electron chi connectivity index (χ0n) is 7.44. The first-order valence-electron chi connectivity index (χ1n) is 3.75. The second-order valence-corrected chi connectivity index (χ2v) is 2.79. The summed E-state index contributed by atoms with van der Waals surface area (Å²) in [5.41, 5.74) is -0.814. The third-order valence-electron chi connectivity index (χ3n) is 1.62. The second-order valence-electron chi connectivity index (χ2n) is 2.79. The first-order chi connectivity index (χ1) is 6.06. The van der Waals surface area contributed by atoms with E-state index in [0.717, 1.165) is 0 Å². The van der Waals surface area contributed by atoms with Crippen LogP contribution < -0.4 is 0 Å². The van der Waals surface area contributed by atoms with Gasteiger partial charge in [-0.3, -0.25) is 0 Å². The van der Waals surface area contributed by atoms with Crippen molar-refractivity contribution in [2.45, 2.75) is 12.5 Å². The molecule has 1 aliphatic heterocycles. The molecule has 1 aliphatic rings. The van der Waals surface area contributed by atoms with Crippen molar-refractivity contribution < 1.29 is 19.1 Å². The molecule has 0 aromatic rings. The Kier molecular flexibility index (Phi) is 2.51. The van der Waals surface area contributed by atoms with Crippen molar-refractivity contribution in [2.24, 2.45) is 0 Å². The van der Waals surface area contributed by atoms with Gasteiger partial charge in [0.05, 0.1) is 7.11 Å². The number of carbonyl (C=O) groups is 2. The van der Waals surface area contributed by atoms with E-state index in [0.29, 0.717) is 0 Å². The Bertz CT molecular complexity index is 290. The highest BCUT2D eigenvalue weighted by molar-refractivity contribution is 5.86. The van der Waals surface area contributed by atoms with E-state index in [1.807, 2.05) is 0 Å². The molecular weight excluding hydrogens is 172 g/mol. The standard InChI is InChI=1S/C9H10O4/c1-9(5-3-7(10)12-2)6-4-8(11)13-9/h3-6H,1-2H3/b5-3+. The number of hydrogen-bond acceptors (Lipinski definition) is 4. The average Bonchev–Trinajstić information content (AvgIpc) is 2.43. The lowest BCUT2D eigenvalue weighted by Gasteiger charge is -2.15. The molecule has 1 unspecified atom stereocenters. The molecule has 0 radical (unpaired) electrons. The summed E-state index contributed by atoms with van der Waals surface area (Å²) < 4.78 is 9.29. The summed E-state index contributed by atoms with van der Waals surface area (Å²) in [5.74, 6) is -0.880. The van der Waals surface area contributed by atoms with Gasteiger partial charge in [0, 0.05) is 12.2 Å². The Morgan fingerprint density at radius 1 is 1.69 bits per heavy atom. The van der Waals surface area contributed by atoms with Gasteiger partial charge in [-0.2, -0.15) is 0 Å². The van der Waals surface area contributed by atoms with E-state index >= 15 is 0 Å². The van der Waals surface area contributed by atoms with Crippen molar-refractivity contribution in [1.29, 1.82) is 0 Å². The number of methoxy groups -OCH3 is 1. The van der Waals surface area contributed by atoms with Gasteiger partial charge >= 0.3 is 11.9 Å². The first-order valence-corrected chi connectivity index (χ1v) is 3.75. The fourth-order valence-corrected chi connectivity index (χ4v) is 0.909. The Morgan fingerprint density at radius 2 is 2.38 bits per heavy atom. The van der Waals surface area contributed by atoms with Crippen molar-refractivity contribution in [3.8, 4) is 0 Å². The van der Waals surface area contributed by atoms with E-state index < -0.39 is 17.5 Å². The lowest BCUT2D eigenvalue weighted by Crippen LogP contribution is -2.20. The SMILES string of the molecule is COC(=O)/C=C/C1(C)C=CC(=O)O1. The zero-order chi connectivity index (χ0) is 9.90.